The molecule has 2 heterocycles. The van der Waals surface area contributed by atoms with Gasteiger partial charge in [0.05, 0.1) is 14.5 Å². The maximum Gasteiger partial charge on any atom is 0.253 e. The number of anilines is 1. The van der Waals surface area contributed by atoms with Crippen molar-refractivity contribution in [3.05, 3.63) is 48.0 Å². The molecule has 37 heavy (non-hydrogen) atoms. The Labute approximate surface area is 222 Å². The standard InChI is InChI=1S/C25H32N4O5S3/c1-4-13-29(14-5-2)37(33,34)20-11-9-19(10-12-20)24(30)27-15-17-28(18-16-27)25-26-23-21(35-25)7-6-8-22(23)36(3,31)32/h6-12H,4-5,13-18H2,1-3H3. The Morgan fingerprint density at radius 1 is 0.946 bits per heavy atom. The predicted octanol–water partition coefficient (Wildman–Crippen LogP) is 3.47. The number of sulfone groups is 1. The quantitative estimate of drug-likeness (QED) is 0.392. The minimum absolute atomic E-state index is 0.147. The summed E-state index contributed by atoms with van der Waals surface area (Å²) in [6.45, 7) is 6.91. The molecule has 200 valence electrons. The van der Waals surface area contributed by atoms with Crippen LogP contribution < -0.4 is 4.90 Å². The van der Waals surface area contributed by atoms with Crippen molar-refractivity contribution in [2.24, 2.45) is 0 Å². The maximum atomic E-state index is 13.1. The lowest BCUT2D eigenvalue weighted by Crippen LogP contribution is -2.48. The molecular weight excluding hydrogens is 532 g/mol. The van der Waals surface area contributed by atoms with Crippen LogP contribution in [-0.2, 0) is 19.9 Å². The minimum Gasteiger partial charge on any atom is -0.345 e. The number of amides is 1. The van der Waals surface area contributed by atoms with Gasteiger partial charge in [0.1, 0.15) is 5.52 Å². The van der Waals surface area contributed by atoms with Crippen LogP contribution in [0.15, 0.2) is 52.3 Å². The SMILES string of the molecule is CCCN(CCC)S(=O)(=O)c1ccc(C(=O)N2CCN(c3nc4c(S(C)(=O)=O)cccc4s3)CC2)cc1. The molecule has 0 radical (unpaired) electrons. The number of aromatic nitrogens is 1. The minimum atomic E-state index is -3.60. The molecule has 1 saturated heterocycles. The summed E-state index contributed by atoms with van der Waals surface area (Å²) in [5.74, 6) is -0.147. The monoisotopic (exact) mass is 564 g/mol. The third-order valence-corrected chi connectivity index (χ3v) is 10.4. The van der Waals surface area contributed by atoms with Crippen molar-refractivity contribution < 1.29 is 21.6 Å². The van der Waals surface area contributed by atoms with Crippen molar-refractivity contribution >= 4 is 52.5 Å². The lowest BCUT2D eigenvalue weighted by atomic mass is 10.2. The number of para-hydroxylation sites is 1. The summed E-state index contributed by atoms with van der Waals surface area (Å²) in [5.41, 5.74) is 0.928. The van der Waals surface area contributed by atoms with E-state index in [1.54, 1.807) is 29.2 Å². The fourth-order valence-corrected chi connectivity index (χ4v) is 7.96. The van der Waals surface area contributed by atoms with E-state index in [0.29, 0.717) is 50.3 Å². The molecule has 0 aliphatic carbocycles. The molecular formula is C25H32N4O5S3. The summed E-state index contributed by atoms with van der Waals surface area (Å²) >= 11 is 1.44. The molecule has 1 fully saturated rings. The van der Waals surface area contributed by atoms with Gasteiger partial charge in [0.2, 0.25) is 10.0 Å². The Kier molecular flexibility index (Phi) is 8.22. The largest absolute Gasteiger partial charge is 0.345 e. The van der Waals surface area contributed by atoms with Gasteiger partial charge < -0.3 is 9.80 Å². The third kappa shape index (κ3) is 5.82. The second-order valence-electron chi connectivity index (χ2n) is 9.08. The van der Waals surface area contributed by atoms with E-state index in [0.717, 1.165) is 22.7 Å². The summed E-state index contributed by atoms with van der Waals surface area (Å²) in [4.78, 5) is 21.9. The van der Waals surface area contributed by atoms with E-state index in [4.69, 9.17) is 0 Å². The molecule has 1 amide bonds. The van der Waals surface area contributed by atoms with Gasteiger partial charge in [-0.3, -0.25) is 4.79 Å². The molecule has 1 aliphatic heterocycles. The van der Waals surface area contributed by atoms with Crippen molar-refractivity contribution in [1.82, 2.24) is 14.2 Å². The smallest absolute Gasteiger partial charge is 0.253 e. The van der Waals surface area contributed by atoms with Crippen LogP contribution in [0.5, 0.6) is 0 Å². The molecule has 0 unspecified atom stereocenters. The average Bonchev–Trinajstić information content (AvgIpc) is 3.32. The van der Waals surface area contributed by atoms with Crippen LogP contribution in [0.4, 0.5) is 5.13 Å². The number of carbonyl (C=O) groups excluding carboxylic acids is 1. The molecule has 0 N–H and O–H groups in total. The predicted molar refractivity (Wildman–Crippen MR) is 147 cm³/mol. The van der Waals surface area contributed by atoms with Crippen molar-refractivity contribution in [2.75, 3.05) is 50.4 Å². The Bertz CT molecular complexity index is 1470. The highest BCUT2D eigenvalue weighted by atomic mass is 32.2. The highest BCUT2D eigenvalue weighted by Crippen LogP contribution is 2.33. The number of nitrogens with zero attached hydrogens (tertiary/aromatic N) is 4. The number of thiazole rings is 1. The number of piperazine rings is 1. The lowest BCUT2D eigenvalue weighted by molar-refractivity contribution is 0.0746. The van der Waals surface area contributed by atoms with Crippen LogP contribution >= 0.6 is 11.3 Å². The first-order valence-corrected chi connectivity index (χ1v) is 16.4. The Morgan fingerprint density at radius 3 is 2.14 bits per heavy atom. The van der Waals surface area contributed by atoms with E-state index in [1.165, 1.54) is 34.0 Å². The molecule has 0 atom stereocenters. The molecule has 0 saturated carbocycles. The van der Waals surface area contributed by atoms with E-state index in [1.807, 2.05) is 19.9 Å². The maximum absolute atomic E-state index is 13.1. The summed E-state index contributed by atoms with van der Waals surface area (Å²) in [6, 6.07) is 11.3. The van der Waals surface area contributed by atoms with E-state index >= 15 is 0 Å². The van der Waals surface area contributed by atoms with Crippen LogP contribution in [0.2, 0.25) is 0 Å². The molecule has 0 bridgehead atoms. The van der Waals surface area contributed by atoms with Crippen LogP contribution in [0.25, 0.3) is 10.2 Å². The van der Waals surface area contributed by atoms with Gasteiger partial charge in [-0.1, -0.05) is 31.3 Å². The van der Waals surface area contributed by atoms with Crippen molar-refractivity contribution in [3.8, 4) is 0 Å². The normalized spacial score (nSPS) is 15.0. The zero-order valence-electron chi connectivity index (χ0n) is 21.3. The van der Waals surface area contributed by atoms with Gasteiger partial charge in [-0.15, -0.1) is 0 Å². The van der Waals surface area contributed by atoms with Gasteiger partial charge in [-0.2, -0.15) is 4.31 Å². The second-order valence-corrected chi connectivity index (χ2v) is 14.0. The molecule has 1 aliphatic rings. The van der Waals surface area contributed by atoms with Gasteiger partial charge in [-0.25, -0.2) is 21.8 Å². The zero-order valence-corrected chi connectivity index (χ0v) is 23.7. The number of hydrogen-bond acceptors (Lipinski definition) is 8. The second kappa shape index (κ2) is 11.1. The molecule has 3 aromatic rings. The van der Waals surface area contributed by atoms with Crippen LogP contribution in [0.3, 0.4) is 0 Å². The van der Waals surface area contributed by atoms with Gasteiger partial charge in [-0.05, 0) is 49.2 Å². The Hall–Kier alpha value is -2.54. The Balaban J connectivity index is 1.44. The topological polar surface area (TPSA) is 108 Å². The molecule has 12 heteroatoms. The Morgan fingerprint density at radius 2 is 1.57 bits per heavy atom. The van der Waals surface area contributed by atoms with E-state index in [2.05, 4.69) is 9.88 Å². The molecule has 1 aromatic heterocycles. The van der Waals surface area contributed by atoms with Crippen molar-refractivity contribution in [1.29, 1.82) is 0 Å². The first-order chi connectivity index (χ1) is 17.6. The number of sulfonamides is 1. The fourth-order valence-electron chi connectivity index (χ4n) is 4.40. The van der Waals surface area contributed by atoms with Gasteiger partial charge >= 0.3 is 0 Å². The first-order valence-electron chi connectivity index (χ1n) is 12.3. The number of benzene rings is 2. The molecule has 0 spiro atoms. The zero-order chi connectivity index (χ0) is 26.8. The van der Waals surface area contributed by atoms with Crippen molar-refractivity contribution in [2.45, 2.75) is 36.5 Å². The van der Waals surface area contributed by atoms with E-state index in [-0.39, 0.29) is 15.7 Å². The summed E-state index contributed by atoms with van der Waals surface area (Å²) in [7, 11) is -6.98. The fraction of sp³-hybridized carbons (Fsp3) is 0.440. The first kappa shape index (κ1) is 27.5. The number of carbonyl (C=O) groups is 1. The average molecular weight is 565 g/mol. The number of hydrogen-bond donors (Lipinski definition) is 0. The van der Waals surface area contributed by atoms with Crippen LogP contribution in [0.1, 0.15) is 37.0 Å². The van der Waals surface area contributed by atoms with Crippen LogP contribution in [0, 0.1) is 0 Å². The molecule has 9 nitrogen and oxygen atoms in total. The molecule has 2 aromatic carbocycles. The molecule has 4 rings (SSSR count). The summed E-state index contributed by atoms with van der Waals surface area (Å²) in [5, 5.41) is 0.733. The van der Waals surface area contributed by atoms with Gasteiger partial charge in [0.15, 0.2) is 15.0 Å². The number of rotatable bonds is 9. The van der Waals surface area contributed by atoms with E-state index in [9.17, 15) is 21.6 Å². The van der Waals surface area contributed by atoms with Crippen molar-refractivity contribution in [3.63, 3.8) is 0 Å². The summed E-state index contributed by atoms with van der Waals surface area (Å²) < 4.78 is 52.5. The van der Waals surface area contributed by atoms with E-state index < -0.39 is 19.9 Å². The summed E-state index contributed by atoms with van der Waals surface area (Å²) in [6.07, 6.45) is 2.65. The van der Waals surface area contributed by atoms with Gasteiger partial charge in [0.25, 0.3) is 5.91 Å². The number of fused-ring (bicyclic) bond motifs is 1. The lowest BCUT2D eigenvalue weighted by Gasteiger charge is -2.34. The van der Waals surface area contributed by atoms with Gasteiger partial charge in [0, 0.05) is 51.1 Å². The van der Waals surface area contributed by atoms with Crippen LogP contribution in [-0.4, -0.2) is 82.5 Å². The highest BCUT2D eigenvalue weighted by molar-refractivity contribution is 7.91. The highest BCUT2D eigenvalue weighted by Gasteiger charge is 2.27. The third-order valence-electron chi connectivity index (χ3n) is 6.29.